The Labute approximate surface area is 115 Å². The molecule has 0 spiro atoms. The van der Waals surface area contributed by atoms with Crippen LogP contribution in [-0.4, -0.2) is 36.7 Å². The molecule has 2 N–H and O–H groups in total. The van der Waals surface area contributed by atoms with Crippen LogP contribution in [0.15, 0.2) is 30.3 Å². The first-order valence-corrected chi connectivity index (χ1v) is 5.87. The van der Waals surface area contributed by atoms with Crippen LogP contribution in [0.2, 0.25) is 5.02 Å². The first kappa shape index (κ1) is 15.2. The first-order valence-electron chi connectivity index (χ1n) is 5.49. The van der Waals surface area contributed by atoms with Crippen LogP contribution in [-0.2, 0) is 14.3 Å². The number of hydrogen-bond donors (Lipinski definition) is 2. The number of aliphatic hydroxyl groups excluding tert-OH is 1. The number of halogens is 1. The maximum Gasteiger partial charge on any atom is 0.330 e. The van der Waals surface area contributed by atoms with E-state index in [2.05, 4.69) is 10.1 Å². The summed E-state index contributed by atoms with van der Waals surface area (Å²) in [6, 6.07) is 5.87. The van der Waals surface area contributed by atoms with E-state index in [9.17, 15) is 9.59 Å². The number of carbonyl (C=O) groups excluding carboxylic acids is 2. The molecule has 1 unspecified atom stereocenters. The van der Waals surface area contributed by atoms with Gasteiger partial charge in [-0.05, 0) is 23.8 Å². The summed E-state index contributed by atoms with van der Waals surface area (Å²) in [7, 11) is 1.18. The van der Waals surface area contributed by atoms with E-state index in [1.807, 2.05) is 0 Å². The summed E-state index contributed by atoms with van der Waals surface area (Å²) in [5.74, 6) is -1.21. The maximum absolute atomic E-state index is 11.5. The minimum absolute atomic E-state index is 0.510. The highest BCUT2D eigenvalue weighted by Crippen LogP contribution is 2.11. The minimum atomic E-state index is -1.07. The van der Waals surface area contributed by atoms with Crippen molar-refractivity contribution in [1.29, 1.82) is 0 Å². The molecule has 0 saturated carbocycles. The van der Waals surface area contributed by atoms with Crippen molar-refractivity contribution in [2.45, 2.75) is 6.04 Å². The fourth-order valence-electron chi connectivity index (χ4n) is 1.32. The average molecular weight is 284 g/mol. The van der Waals surface area contributed by atoms with Gasteiger partial charge in [0.05, 0.1) is 13.7 Å². The largest absolute Gasteiger partial charge is 0.467 e. The van der Waals surface area contributed by atoms with Gasteiger partial charge in [0.15, 0.2) is 6.04 Å². The van der Waals surface area contributed by atoms with Gasteiger partial charge < -0.3 is 15.2 Å². The summed E-state index contributed by atoms with van der Waals surface area (Å²) >= 11 is 5.80. The number of aliphatic hydroxyl groups is 1. The van der Waals surface area contributed by atoms with Crippen molar-refractivity contribution in [2.24, 2.45) is 0 Å². The predicted octanol–water partition coefficient (Wildman–Crippen LogP) is 1.00. The number of ether oxygens (including phenoxy) is 1. The summed E-state index contributed by atoms with van der Waals surface area (Å²) in [6.45, 7) is -0.524. The number of hydrogen-bond acceptors (Lipinski definition) is 4. The van der Waals surface area contributed by atoms with Crippen molar-refractivity contribution >= 4 is 29.6 Å². The molecule has 0 aromatic heterocycles. The molecule has 1 atom stereocenters. The van der Waals surface area contributed by atoms with Crippen LogP contribution in [0.1, 0.15) is 5.56 Å². The fraction of sp³-hybridized carbons (Fsp3) is 0.231. The predicted molar refractivity (Wildman–Crippen MR) is 71.5 cm³/mol. The van der Waals surface area contributed by atoms with Gasteiger partial charge in [-0.2, -0.15) is 0 Å². The van der Waals surface area contributed by atoms with Gasteiger partial charge in [-0.25, -0.2) is 4.79 Å². The molecule has 19 heavy (non-hydrogen) atoms. The smallest absolute Gasteiger partial charge is 0.330 e. The second kappa shape index (κ2) is 7.56. The van der Waals surface area contributed by atoms with E-state index in [-0.39, 0.29) is 0 Å². The van der Waals surface area contributed by atoms with E-state index >= 15 is 0 Å². The lowest BCUT2D eigenvalue weighted by molar-refractivity contribution is -0.145. The Morgan fingerprint density at radius 1 is 1.53 bits per heavy atom. The van der Waals surface area contributed by atoms with Gasteiger partial charge in [-0.3, -0.25) is 4.79 Å². The zero-order valence-corrected chi connectivity index (χ0v) is 11.1. The molecule has 6 heteroatoms. The van der Waals surface area contributed by atoms with Crippen molar-refractivity contribution in [3.05, 3.63) is 40.9 Å². The number of amides is 1. The molecule has 102 valence electrons. The van der Waals surface area contributed by atoms with E-state index in [0.717, 1.165) is 5.56 Å². The zero-order chi connectivity index (χ0) is 14.3. The highest BCUT2D eigenvalue weighted by atomic mass is 35.5. The monoisotopic (exact) mass is 283 g/mol. The Kier molecular flexibility index (Phi) is 6.05. The highest BCUT2D eigenvalue weighted by molar-refractivity contribution is 6.30. The third-order valence-corrected chi connectivity index (χ3v) is 2.50. The van der Waals surface area contributed by atoms with Crippen LogP contribution < -0.4 is 5.32 Å². The van der Waals surface area contributed by atoms with Crippen LogP contribution in [0, 0.1) is 0 Å². The molecule has 0 aliphatic carbocycles. The first-order chi connectivity index (χ1) is 9.06. The number of esters is 1. The minimum Gasteiger partial charge on any atom is -0.467 e. The lowest BCUT2D eigenvalue weighted by Crippen LogP contribution is -2.43. The Hall–Kier alpha value is -1.85. The third-order valence-electron chi connectivity index (χ3n) is 2.26. The van der Waals surface area contributed by atoms with E-state index in [1.165, 1.54) is 13.2 Å². The van der Waals surface area contributed by atoms with E-state index in [4.69, 9.17) is 16.7 Å². The van der Waals surface area contributed by atoms with Crippen molar-refractivity contribution in [3.63, 3.8) is 0 Å². The molecule has 0 saturated heterocycles. The van der Waals surface area contributed by atoms with Gasteiger partial charge >= 0.3 is 5.97 Å². The molecule has 0 radical (unpaired) electrons. The SMILES string of the molecule is COC(=O)C(CO)NC(=O)/C=C/c1cccc(Cl)c1. The van der Waals surface area contributed by atoms with Crippen LogP contribution in [0.4, 0.5) is 0 Å². The molecule has 0 aliphatic heterocycles. The quantitative estimate of drug-likeness (QED) is 0.624. The molecule has 1 aromatic carbocycles. The topological polar surface area (TPSA) is 75.6 Å². The fourth-order valence-corrected chi connectivity index (χ4v) is 1.52. The van der Waals surface area contributed by atoms with E-state index in [0.29, 0.717) is 5.02 Å². The summed E-state index contributed by atoms with van der Waals surface area (Å²) in [5, 5.41) is 11.8. The lowest BCUT2D eigenvalue weighted by atomic mass is 10.2. The van der Waals surface area contributed by atoms with Crippen molar-refractivity contribution in [3.8, 4) is 0 Å². The van der Waals surface area contributed by atoms with Crippen molar-refractivity contribution in [2.75, 3.05) is 13.7 Å². The Bertz CT molecular complexity index is 487. The second-order valence-corrected chi connectivity index (χ2v) is 4.09. The molecule has 1 aromatic rings. The summed E-state index contributed by atoms with van der Waals surface area (Å²) in [6.07, 6.45) is 2.80. The Morgan fingerprint density at radius 2 is 2.26 bits per heavy atom. The molecule has 5 nitrogen and oxygen atoms in total. The van der Waals surface area contributed by atoms with Crippen LogP contribution in [0.25, 0.3) is 6.08 Å². The Morgan fingerprint density at radius 3 is 2.84 bits per heavy atom. The van der Waals surface area contributed by atoms with Gasteiger partial charge in [0, 0.05) is 11.1 Å². The molecular formula is C13H14ClNO4. The summed E-state index contributed by atoms with van der Waals surface area (Å²) < 4.78 is 4.43. The molecular weight excluding hydrogens is 270 g/mol. The molecule has 1 amide bonds. The number of methoxy groups -OCH3 is 1. The molecule has 0 aliphatic rings. The van der Waals surface area contributed by atoms with Crippen molar-refractivity contribution < 1.29 is 19.4 Å². The molecule has 0 bridgehead atoms. The number of nitrogens with one attached hydrogen (secondary N) is 1. The molecule has 0 fully saturated rings. The van der Waals surface area contributed by atoms with E-state index in [1.54, 1.807) is 30.3 Å². The van der Waals surface area contributed by atoms with Gasteiger partial charge in [0.25, 0.3) is 0 Å². The van der Waals surface area contributed by atoms with Gasteiger partial charge in [0.1, 0.15) is 0 Å². The number of benzene rings is 1. The van der Waals surface area contributed by atoms with Crippen molar-refractivity contribution in [1.82, 2.24) is 5.32 Å². The number of rotatable bonds is 5. The molecule has 1 rings (SSSR count). The molecule has 0 heterocycles. The summed E-state index contributed by atoms with van der Waals surface area (Å²) in [4.78, 5) is 22.7. The van der Waals surface area contributed by atoms with Gasteiger partial charge in [-0.15, -0.1) is 0 Å². The standard InChI is InChI=1S/C13H14ClNO4/c1-19-13(18)11(8-16)15-12(17)6-5-9-3-2-4-10(14)7-9/h2-7,11,16H,8H2,1H3,(H,15,17)/b6-5+. The maximum atomic E-state index is 11.5. The van der Waals surface area contributed by atoms with Crippen LogP contribution >= 0.6 is 11.6 Å². The van der Waals surface area contributed by atoms with Crippen LogP contribution in [0.3, 0.4) is 0 Å². The van der Waals surface area contributed by atoms with Crippen LogP contribution in [0.5, 0.6) is 0 Å². The lowest BCUT2D eigenvalue weighted by Gasteiger charge is -2.11. The Balaban J connectivity index is 2.62. The third kappa shape index (κ3) is 5.11. The summed E-state index contributed by atoms with van der Waals surface area (Å²) in [5.41, 5.74) is 0.751. The average Bonchev–Trinajstić information content (AvgIpc) is 2.41. The number of carbonyl (C=O) groups is 2. The van der Waals surface area contributed by atoms with Gasteiger partial charge in [0.2, 0.25) is 5.91 Å². The van der Waals surface area contributed by atoms with Gasteiger partial charge in [-0.1, -0.05) is 23.7 Å². The normalized spacial score (nSPS) is 12.2. The second-order valence-electron chi connectivity index (χ2n) is 3.66. The zero-order valence-electron chi connectivity index (χ0n) is 10.3. The highest BCUT2D eigenvalue weighted by Gasteiger charge is 2.18. The van der Waals surface area contributed by atoms with E-state index < -0.39 is 24.5 Å².